The van der Waals surface area contributed by atoms with Gasteiger partial charge in [-0.15, -0.1) is 0 Å². The lowest BCUT2D eigenvalue weighted by Gasteiger charge is -2.31. The van der Waals surface area contributed by atoms with Gasteiger partial charge in [-0.25, -0.2) is 0 Å². The van der Waals surface area contributed by atoms with Crippen molar-refractivity contribution in [2.24, 2.45) is 0 Å². The molecule has 6 heteroatoms. The van der Waals surface area contributed by atoms with Gasteiger partial charge in [-0.05, 0) is 68.0 Å². The van der Waals surface area contributed by atoms with Crippen molar-refractivity contribution in [3.8, 4) is 11.5 Å². The largest absolute Gasteiger partial charge is 0.497 e. The molecule has 0 spiro atoms. The van der Waals surface area contributed by atoms with Gasteiger partial charge in [-0.3, -0.25) is 9.59 Å². The number of rotatable bonds is 10. The Morgan fingerprint density at radius 3 is 2.55 bits per heavy atom. The van der Waals surface area contributed by atoms with Crippen LogP contribution in [0.4, 0.5) is 0 Å². The summed E-state index contributed by atoms with van der Waals surface area (Å²) in [5, 5.41) is 3.17. The Labute approximate surface area is 197 Å². The topological polar surface area (TPSA) is 67.9 Å². The van der Waals surface area contributed by atoms with E-state index in [1.165, 1.54) is 0 Å². The fraction of sp³-hybridized carbons (Fsp3) is 0.481. The van der Waals surface area contributed by atoms with Crippen molar-refractivity contribution in [2.45, 2.75) is 71.5 Å². The van der Waals surface area contributed by atoms with Gasteiger partial charge in [0.1, 0.15) is 17.5 Å². The van der Waals surface area contributed by atoms with E-state index in [-0.39, 0.29) is 24.5 Å². The van der Waals surface area contributed by atoms with E-state index >= 15 is 0 Å². The predicted molar refractivity (Wildman–Crippen MR) is 129 cm³/mol. The monoisotopic (exact) mass is 452 g/mol. The highest BCUT2D eigenvalue weighted by molar-refractivity contribution is 5.88. The number of nitrogens with zero attached hydrogens (tertiary/aromatic N) is 1. The van der Waals surface area contributed by atoms with E-state index in [4.69, 9.17) is 9.47 Å². The molecule has 1 saturated carbocycles. The molecule has 3 rings (SSSR count). The van der Waals surface area contributed by atoms with E-state index in [1.807, 2.05) is 63.2 Å². The van der Waals surface area contributed by atoms with Crippen LogP contribution in [0.25, 0.3) is 0 Å². The van der Waals surface area contributed by atoms with Gasteiger partial charge in [-0.1, -0.05) is 44.0 Å². The quantitative estimate of drug-likeness (QED) is 0.574. The summed E-state index contributed by atoms with van der Waals surface area (Å²) in [6.07, 6.45) is 4.80. The summed E-state index contributed by atoms with van der Waals surface area (Å²) in [6.45, 7) is 6.12. The van der Waals surface area contributed by atoms with Crippen LogP contribution in [0.1, 0.15) is 55.7 Å². The molecule has 0 aromatic heterocycles. The minimum Gasteiger partial charge on any atom is -0.497 e. The Bertz CT molecular complexity index is 953. The van der Waals surface area contributed by atoms with Gasteiger partial charge >= 0.3 is 0 Å². The number of methoxy groups -OCH3 is 1. The van der Waals surface area contributed by atoms with E-state index in [1.54, 1.807) is 12.0 Å². The van der Waals surface area contributed by atoms with Crippen LogP contribution in [0.2, 0.25) is 0 Å². The van der Waals surface area contributed by atoms with Crippen molar-refractivity contribution in [2.75, 3.05) is 13.7 Å². The second-order valence-corrected chi connectivity index (χ2v) is 8.77. The van der Waals surface area contributed by atoms with Crippen molar-refractivity contribution >= 4 is 11.8 Å². The lowest BCUT2D eigenvalue weighted by atomic mass is 10.1. The number of carbonyl (C=O) groups is 2. The Morgan fingerprint density at radius 2 is 1.85 bits per heavy atom. The lowest BCUT2D eigenvalue weighted by Crippen LogP contribution is -2.52. The molecule has 0 saturated heterocycles. The first-order valence-electron chi connectivity index (χ1n) is 11.8. The van der Waals surface area contributed by atoms with Gasteiger partial charge in [0.2, 0.25) is 5.91 Å². The average molecular weight is 453 g/mol. The first kappa shape index (κ1) is 24.6. The molecule has 1 aliphatic rings. The molecule has 1 atom stereocenters. The van der Waals surface area contributed by atoms with E-state index in [2.05, 4.69) is 5.32 Å². The molecule has 1 aliphatic carbocycles. The summed E-state index contributed by atoms with van der Waals surface area (Å²) < 4.78 is 11.2. The number of hydrogen-bond donors (Lipinski definition) is 1. The molecule has 1 unspecified atom stereocenters. The summed E-state index contributed by atoms with van der Waals surface area (Å²) >= 11 is 0. The maximum absolute atomic E-state index is 13.4. The third kappa shape index (κ3) is 6.50. The molecule has 0 aliphatic heterocycles. The standard InChI is InChI=1S/C27H36N2O4/c1-5-24(27(31)28-22-12-6-7-13-22)29(17-21-11-9-14-23(16-21)32-4)26(30)18-33-25-15-8-10-19(2)20(25)3/h8-11,14-16,22,24H,5-7,12-13,17-18H2,1-4H3,(H,28,31). The summed E-state index contributed by atoms with van der Waals surface area (Å²) in [5.74, 6) is 1.10. The Hall–Kier alpha value is -3.02. The van der Waals surface area contributed by atoms with Crippen LogP contribution in [0.15, 0.2) is 42.5 Å². The maximum atomic E-state index is 13.4. The molecule has 0 radical (unpaired) electrons. The van der Waals surface area contributed by atoms with Gasteiger partial charge in [-0.2, -0.15) is 0 Å². The smallest absolute Gasteiger partial charge is 0.261 e. The van der Waals surface area contributed by atoms with Crippen LogP contribution in [0.5, 0.6) is 11.5 Å². The molecular weight excluding hydrogens is 416 g/mol. The van der Waals surface area contributed by atoms with Crippen LogP contribution in [-0.2, 0) is 16.1 Å². The van der Waals surface area contributed by atoms with Crippen molar-refractivity contribution in [3.63, 3.8) is 0 Å². The Morgan fingerprint density at radius 1 is 1.12 bits per heavy atom. The summed E-state index contributed by atoms with van der Waals surface area (Å²) in [4.78, 5) is 28.2. The van der Waals surface area contributed by atoms with Crippen molar-refractivity contribution in [3.05, 3.63) is 59.2 Å². The van der Waals surface area contributed by atoms with Gasteiger partial charge in [0.25, 0.3) is 5.91 Å². The molecule has 6 nitrogen and oxygen atoms in total. The number of carbonyl (C=O) groups excluding carboxylic acids is 2. The van der Waals surface area contributed by atoms with Gasteiger partial charge in [0.05, 0.1) is 7.11 Å². The number of ether oxygens (including phenoxy) is 2. The number of hydrogen-bond acceptors (Lipinski definition) is 4. The first-order valence-corrected chi connectivity index (χ1v) is 11.8. The van der Waals surface area contributed by atoms with Gasteiger partial charge in [0, 0.05) is 12.6 Å². The number of amides is 2. The normalized spacial score (nSPS) is 14.5. The minimum atomic E-state index is -0.563. The zero-order chi connectivity index (χ0) is 23.8. The van der Waals surface area contributed by atoms with Crippen molar-refractivity contribution in [1.29, 1.82) is 0 Å². The highest BCUT2D eigenvalue weighted by Crippen LogP contribution is 2.22. The third-order valence-corrected chi connectivity index (χ3v) is 6.48. The Balaban J connectivity index is 1.79. The van der Waals surface area contributed by atoms with Crippen molar-refractivity contribution in [1.82, 2.24) is 10.2 Å². The molecule has 0 heterocycles. The van der Waals surface area contributed by atoms with Crippen LogP contribution < -0.4 is 14.8 Å². The second-order valence-electron chi connectivity index (χ2n) is 8.77. The fourth-order valence-electron chi connectivity index (χ4n) is 4.36. The highest BCUT2D eigenvalue weighted by Gasteiger charge is 2.31. The van der Waals surface area contributed by atoms with E-state index < -0.39 is 6.04 Å². The van der Waals surface area contributed by atoms with Crippen LogP contribution >= 0.6 is 0 Å². The molecule has 1 N–H and O–H groups in total. The van der Waals surface area contributed by atoms with E-state index in [0.717, 1.165) is 48.1 Å². The molecule has 178 valence electrons. The van der Waals surface area contributed by atoms with Crippen LogP contribution in [-0.4, -0.2) is 42.5 Å². The molecule has 2 amide bonds. The first-order chi connectivity index (χ1) is 15.9. The Kier molecular flexibility index (Phi) is 8.75. The van der Waals surface area contributed by atoms with Crippen molar-refractivity contribution < 1.29 is 19.1 Å². The maximum Gasteiger partial charge on any atom is 0.261 e. The predicted octanol–water partition coefficient (Wildman–Crippen LogP) is 4.56. The second kappa shape index (κ2) is 11.7. The molecule has 1 fully saturated rings. The molecule has 2 aromatic carbocycles. The zero-order valence-corrected chi connectivity index (χ0v) is 20.2. The summed E-state index contributed by atoms with van der Waals surface area (Å²) in [7, 11) is 1.62. The zero-order valence-electron chi connectivity index (χ0n) is 20.2. The third-order valence-electron chi connectivity index (χ3n) is 6.48. The van der Waals surface area contributed by atoms with E-state index in [0.29, 0.717) is 18.7 Å². The molecule has 2 aromatic rings. The summed E-state index contributed by atoms with van der Waals surface area (Å²) in [6, 6.07) is 13.0. The van der Waals surface area contributed by atoms with Gasteiger partial charge < -0.3 is 19.7 Å². The molecule has 33 heavy (non-hydrogen) atoms. The highest BCUT2D eigenvalue weighted by atomic mass is 16.5. The van der Waals surface area contributed by atoms with Crippen LogP contribution in [0, 0.1) is 13.8 Å². The SMILES string of the molecule is CCC(C(=O)NC1CCCC1)N(Cc1cccc(OC)c1)C(=O)COc1cccc(C)c1C. The van der Waals surface area contributed by atoms with E-state index in [9.17, 15) is 9.59 Å². The fourth-order valence-corrected chi connectivity index (χ4v) is 4.36. The summed E-state index contributed by atoms with van der Waals surface area (Å²) in [5.41, 5.74) is 3.02. The van der Waals surface area contributed by atoms with Gasteiger partial charge in [0.15, 0.2) is 6.61 Å². The number of nitrogens with one attached hydrogen (secondary N) is 1. The molecular formula is C27H36N2O4. The van der Waals surface area contributed by atoms with Crippen LogP contribution in [0.3, 0.4) is 0 Å². The lowest BCUT2D eigenvalue weighted by molar-refractivity contribution is -0.143. The number of aryl methyl sites for hydroxylation is 1. The average Bonchev–Trinajstić information content (AvgIpc) is 3.32. The molecule has 0 bridgehead atoms. The minimum absolute atomic E-state index is 0.0904. The number of benzene rings is 2.